The van der Waals surface area contributed by atoms with Gasteiger partial charge in [0.15, 0.2) is 0 Å². The van der Waals surface area contributed by atoms with E-state index in [0.717, 1.165) is 6.42 Å². The Morgan fingerprint density at radius 2 is 1.90 bits per heavy atom. The lowest BCUT2D eigenvalue weighted by Gasteiger charge is -2.13. The van der Waals surface area contributed by atoms with Crippen LogP contribution in [0.5, 0.6) is 0 Å². The molecule has 0 heterocycles. The van der Waals surface area contributed by atoms with Gasteiger partial charge in [-0.2, -0.15) is 0 Å². The van der Waals surface area contributed by atoms with E-state index in [0.29, 0.717) is 12.8 Å². The van der Waals surface area contributed by atoms with Crippen LogP contribution in [0.1, 0.15) is 39.5 Å². The zero-order chi connectivity index (χ0) is 15.2. The van der Waals surface area contributed by atoms with E-state index in [9.17, 15) is 14.4 Å². The molecule has 20 heavy (non-hydrogen) atoms. The second-order valence-electron chi connectivity index (χ2n) is 5.32. The maximum atomic E-state index is 11.5. The van der Waals surface area contributed by atoms with E-state index < -0.39 is 17.4 Å². The molecule has 0 bridgehead atoms. The van der Waals surface area contributed by atoms with Crippen LogP contribution < -0.4 is 16.0 Å². The van der Waals surface area contributed by atoms with Crippen molar-refractivity contribution in [3.63, 3.8) is 0 Å². The molecule has 0 aromatic carbocycles. The molecule has 1 atom stereocenters. The molecule has 7 heteroatoms. The first-order valence-electron chi connectivity index (χ1n) is 6.94. The van der Waals surface area contributed by atoms with Gasteiger partial charge in [0, 0.05) is 25.6 Å². The van der Waals surface area contributed by atoms with Gasteiger partial charge in [-0.25, -0.2) is 4.79 Å². The van der Waals surface area contributed by atoms with Crippen LogP contribution in [-0.2, 0) is 9.59 Å². The number of carboxylic acid groups (broad SMARTS) is 1. The van der Waals surface area contributed by atoms with Crippen LogP contribution >= 0.6 is 0 Å². The largest absolute Gasteiger partial charge is 0.481 e. The second kappa shape index (κ2) is 7.12. The third-order valence-corrected chi connectivity index (χ3v) is 3.55. The number of nitrogens with one attached hydrogen (secondary N) is 3. The Morgan fingerprint density at radius 3 is 2.40 bits per heavy atom. The summed E-state index contributed by atoms with van der Waals surface area (Å²) in [7, 11) is 0. The fourth-order valence-corrected chi connectivity index (χ4v) is 1.67. The highest BCUT2D eigenvalue weighted by molar-refractivity contribution is 5.81. The van der Waals surface area contributed by atoms with Crippen LogP contribution in [-0.4, -0.2) is 42.1 Å². The fourth-order valence-electron chi connectivity index (χ4n) is 1.67. The van der Waals surface area contributed by atoms with Gasteiger partial charge in [-0.05, 0) is 26.2 Å². The Kier molecular flexibility index (Phi) is 5.79. The minimum atomic E-state index is -0.870. The average molecular weight is 285 g/mol. The van der Waals surface area contributed by atoms with Gasteiger partial charge >= 0.3 is 12.0 Å². The van der Waals surface area contributed by atoms with Crippen molar-refractivity contribution in [1.82, 2.24) is 16.0 Å². The second-order valence-corrected chi connectivity index (χ2v) is 5.32. The number of hydrogen-bond acceptors (Lipinski definition) is 3. The monoisotopic (exact) mass is 285 g/mol. The van der Waals surface area contributed by atoms with Gasteiger partial charge in [0.05, 0.1) is 5.41 Å². The number of hydrogen-bond donors (Lipinski definition) is 4. The summed E-state index contributed by atoms with van der Waals surface area (Å²) >= 11 is 0. The first-order valence-corrected chi connectivity index (χ1v) is 6.94. The molecule has 7 nitrogen and oxygen atoms in total. The first kappa shape index (κ1) is 16.3. The van der Waals surface area contributed by atoms with E-state index in [1.54, 1.807) is 0 Å². The Morgan fingerprint density at radius 1 is 1.25 bits per heavy atom. The summed E-state index contributed by atoms with van der Waals surface area (Å²) in [6.45, 7) is 4.26. The molecule has 0 radical (unpaired) electrons. The molecule has 3 amide bonds. The number of rotatable bonds is 8. The molecule has 1 rings (SSSR count). The van der Waals surface area contributed by atoms with Crippen LogP contribution in [0.15, 0.2) is 0 Å². The molecule has 1 unspecified atom stereocenters. The van der Waals surface area contributed by atoms with Gasteiger partial charge < -0.3 is 21.1 Å². The highest BCUT2D eigenvalue weighted by Crippen LogP contribution is 2.45. The first-order chi connectivity index (χ1) is 9.39. The zero-order valence-electron chi connectivity index (χ0n) is 12.0. The van der Waals surface area contributed by atoms with E-state index in [1.165, 1.54) is 0 Å². The van der Waals surface area contributed by atoms with Crippen LogP contribution in [0, 0.1) is 5.41 Å². The molecule has 0 saturated heterocycles. The van der Waals surface area contributed by atoms with Gasteiger partial charge in [-0.1, -0.05) is 6.92 Å². The maximum absolute atomic E-state index is 11.5. The summed E-state index contributed by atoms with van der Waals surface area (Å²) in [5, 5.41) is 16.8. The summed E-state index contributed by atoms with van der Waals surface area (Å²) in [4.78, 5) is 33.8. The molecule has 0 spiro atoms. The van der Waals surface area contributed by atoms with Crippen molar-refractivity contribution in [3.8, 4) is 0 Å². The average Bonchev–Trinajstić information content (AvgIpc) is 3.17. The van der Waals surface area contributed by atoms with E-state index in [4.69, 9.17) is 5.11 Å². The van der Waals surface area contributed by atoms with Crippen molar-refractivity contribution in [2.24, 2.45) is 5.41 Å². The van der Waals surface area contributed by atoms with E-state index in [1.807, 2.05) is 13.8 Å². The zero-order valence-corrected chi connectivity index (χ0v) is 12.0. The van der Waals surface area contributed by atoms with Gasteiger partial charge in [-0.3, -0.25) is 9.59 Å². The minimum Gasteiger partial charge on any atom is -0.481 e. The predicted molar refractivity (Wildman–Crippen MR) is 73.2 cm³/mol. The lowest BCUT2D eigenvalue weighted by molar-refractivity contribution is -0.143. The Balaban J connectivity index is 2.12. The molecule has 1 fully saturated rings. The third-order valence-electron chi connectivity index (χ3n) is 3.55. The van der Waals surface area contributed by atoms with Gasteiger partial charge in [0.1, 0.15) is 0 Å². The van der Waals surface area contributed by atoms with Crippen LogP contribution in [0.3, 0.4) is 0 Å². The number of carbonyl (C=O) groups is 3. The predicted octanol–water partition coefficient (Wildman–Crippen LogP) is 0.455. The number of carbonyl (C=O) groups excluding carboxylic acids is 2. The molecular formula is C13H23N3O4. The summed E-state index contributed by atoms with van der Waals surface area (Å²) < 4.78 is 0. The summed E-state index contributed by atoms with van der Waals surface area (Å²) in [6, 6.07) is -0.310. The molecule has 1 aliphatic carbocycles. The Hall–Kier alpha value is -1.79. The van der Waals surface area contributed by atoms with E-state index in [2.05, 4.69) is 16.0 Å². The van der Waals surface area contributed by atoms with Crippen molar-refractivity contribution < 1.29 is 19.5 Å². The van der Waals surface area contributed by atoms with Crippen molar-refractivity contribution in [3.05, 3.63) is 0 Å². The topological polar surface area (TPSA) is 108 Å². The molecule has 114 valence electrons. The van der Waals surface area contributed by atoms with E-state index in [-0.39, 0.29) is 31.5 Å². The van der Waals surface area contributed by atoms with Crippen LogP contribution in [0.25, 0.3) is 0 Å². The quantitative estimate of drug-likeness (QED) is 0.519. The van der Waals surface area contributed by atoms with Gasteiger partial charge in [0.2, 0.25) is 5.91 Å². The van der Waals surface area contributed by atoms with Gasteiger partial charge in [0.25, 0.3) is 0 Å². The standard InChI is InChI=1S/C13H23N3O4/c1-3-9(2)16-10(17)4-7-14-12(20)15-8-13(5-6-13)11(18)19/h9H,3-8H2,1-2H3,(H,16,17)(H,18,19)(H2,14,15,20). The van der Waals surface area contributed by atoms with Crippen LogP contribution in [0.2, 0.25) is 0 Å². The smallest absolute Gasteiger partial charge is 0.314 e. The fraction of sp³-hybridized carbons (Fsp3) is 0.769. The minimum absolute atomic E-state index is 0.108. The molecule has 4 N–H and O–H groups in total. The lowest BCUT2D eigenvalue weighted by atomic mass is 10.1. The van der Waals surface area contributed by atoms with Crippen molar-refractivity contribution in [1.29, 1.82) is 0 Å². The van der Waals surface area contributed by atoms with Crippen LogP contribution in [0.4, 0.5) is 4.79 Å². The molecule has 1 saturated carbocycles. The Labute approximate surface area is 118 Å². The molecular weight excluding hydrogens is 262 g/mol. The maximum Gasteiger partial charge on any atom is 0.314 e. The van der Waals surface area contributed by atoms with Crippen molar-refractivity contribution in [2.75, 3.05) is 13.1 Å². The number of amides is 3. The molecule has 0 aromatic heterocycles. The number of aliphatic carboxylic acids is 1. The number of urea groups is 1. The highest BCUT2D eigenvalue weighted by atomic mass is 16.4. The van der Waals surface area contributed by atoms with Crippen molar-refractivity contribution in [2.45, 2.75) is 45.6 Å². The van der Waals surface area contributed by atoms with Crippen molar-refractivity contribution >= 4 is 17.9 Å². The number of carboxylic acids is 1. The highest BCUT2D eigenvalue weighted by Gasteiger charge is 2.50. The van der Waals surface area contributed by atoms with E-state index >= 15 is 0 Å². The SMILES string of the molecule is CCC(C)NC(=O)CCNC(=O)NCC1(C(=O)O)CC1. The molecule has 0 aromatic rings. The lowest BCUT2D eigenvalue weighted by Crippen LogP contribution is -2.42. The summed E-state index contributed by atoms with van der Waals surface area (Å²) in [5.74, 6) is -0.977. The van der Waals surface area contributed by atoms with Gasteiger partial charge in [-0.15, -0.1) is 0 Å². The summed E-state index contributed by atoms with van der Waals surface area (Å²) in [5.41, 5.74) is -0.773. The Bertz CT molecular complexity index is 380. The third kappa shape index (κ3) is 5.07. The molecule has 1 aliphatic rings. The summed E-state index contributed by atoms with van der Waals surface area (Å²) in [6.07, 6.45) is 2.26. The normalized spacial score (nSPS) is 16.9. The molecule has 0 aliphatic heterocycles.